The zero-order valence-electron chi connectivity index (χ0n) is 8.36. The third kappa shape index (κ3) is 3.95. The Hall–Kier alpha value is -1.02. The van der Waals surface area contributed by atoms with Crippen LogP contribution in [0.5, 0.6) is 5.75 Å². The number of para-hydroxylation sites is 1. The monoisotopic (exact) mass is 179 g/mol. The van der Waals surface area contributed by atoms with E-state index in [4.69, 9.17) is 4.74 Å². The van der Waals surface area contributed by atoms with Gasteiger partial charge in [-0.1, -0.05) is 25.1 Å². The topological polar surface area (TPSA) is 12.5 Å². The van der Waals surface area contributed by atoms with Gasteiger partial charge in [0.25, 0.3) is 0 Å². The number of rotatable bonds is 5. The van der Waals surface area contributed by atoms with Crippen LogP contribution in [0, 0.1) is 0 Å². The van der Waals surface area contributed by atoms with Crippen LogP contribution in [-0.2, 0) is 0 Å². The molecule has 0 unspecified atom stereocenters. The van der Waals surface area contributed by atoms with Crippen molar-refractivity contribution in [2.45, 2.75) is 6.92 Å². The van der Waals surface area contributed by atoms with Gasteiger partial charge in [0.1, 0.15) is 12.4 Å². The minimum atomic E-state index is 0.758. The Labute approximate surface area is 80.1 Å². The molecule has 72 valence electrons. The van der Waals surface area contributed by atoms with Gasteiger partial charge in [0.2, 0.25) is 0 Å². The Morgan fingerprint density at radius 2 is 1.92 bits per heavy atom. The first-order valence-electron chi connectivity index (χ1n) is 4.69. The molecule has 2 heteroatoms. The summed E-state index contributed by atoms with van der Waals surface area (Å²) in [4.78, 5) is 2.23. The molecule has 0 saturated heterocycles. The van der Waals surface area contributed by atoms with E-state index in [0.717, 1.165) is 25.4 Å². The fourth-order valence-corrected chi connectivity index (χ4v) is 0.994. The van der Waals surface area contributed by atoms with Crippen LogP contribution in [0.1, 0.15) is 6.92 Å². The minimum Gasteiger partial charge on any atom is -0.492 e. The largest absolute Gasteiger partial charge is 0.492 e. The van der Waals surface area contributed by atoms with E-state index >= 15 is 0 Å². The van der Waals surface area contributed by atoms with E-state index in [9.17, 15) is 0 Å². The number of nitrogens with zero attached hydrogens (tertiary/aromatic N) is 1. The van der Waals surface area contributed by atoms with Gasteiger partial charge in [0.05, 0.1) is 0 Å². The van der Waals surface area contributed by atoms with Crippen molar-refractivity contribution in [3.63, 3.8) is 0 Å². The molecule has 0 aliphatic heterocycles. The highest BCUT2D eigenvalue weighted by atomic mass is 16.5. The Morgan fingerprint density at radius 1 is 1.23 bits per heavy atom. The smallest absolute Gasteiger partial charge is 0.119 e. The van der Waals surface area contributed by atoms with Gasteiger partial charge in [-0.25, -0.2) is 0 Å². The van der Waals surface area contributed by atoms with Crippen LogP contribution >= 0.6 is 0 Å². The molecule has 2 nitrogen and oxygen atoms in total. The molecule has 0 aliphatic carbocycles. The number of ether oxygens (including phenoxy) is 1. The van der Waals surface area contributed by atoms with Crippen molar-refractivity contribution in [1.82, 2.24) is 4.90 Å². The van der Waals surface area contributed by atoms with Crippen LogP contribution in [0.25, 0.3) is 0 Å². The maximum atomic E-state index is 5.54. The maximum absolute atomic E-state index is 5.54. The number of hydrogen-bond acceptors (Lipinski definition) is 2. The van der Waals surface area contributed by atoms with Gasteiger partial charge in [0.15, 0.2) is 0 Å². The zero-order valence-corrected chi connectivity index (χ0v) is 8.36. The average molecular weight is 179 g/mol. The molecule has 1 rings (SSSR count). The molecule has 0 N–H and O–H groups in total. The third-order valence-electron chi connectivity index (χ3n) is 2.02. The van der Waals surface area contributed by atoms with E-state index in [-0.39, 0.29) is 0 Å². The summed E-state index contributed by atoms with van der Waals surface area (Å²) in [6, 6.07) is 9.92. The Bertz CT molecular complexity index is 223. The predicted octanol–water partition coefficient (Wildman–Crippen LogP) is 2.02. The molecule has 0 atom stereocenters. The second-order valence-electron chi connectivity index (χ2n) is 3.06. The highest BCUT2D eigenvalue weighted by molar-refractivity contribution is 5.20. The molecule has 0 saturated carbocycles. The van der Waals surface area contributed by atoms with Gasteiger partial charge >= 0.3 is 0 Å². The lowest BCUT2D eigenvalue weighted by molar-refractivity contribution is 0.244. The van der Waals surface area contributed by atoms with Crippen LogP contribution in [0.3, 0.4) is 0 Å². The van der Waals surface area contributed by atoms with E-state index in [1.54, 1.807) is 0 Å². The molecule has 0 fully saturated rings. The molecule has 13 heavy (non-hydrogen) atoms. The standard InChI is InChI=1S/C11H17NO/c1-3-12(2)9-10-13-11-7-5-4-6-8-11/h4-8H,3,9-10H2,1-2H3. The SMILES string of the molecule is CCN(C)CCOc1ccccc1. The van der Waals surface area contributed by atoms with Crippen molar-refractivity contribution in [1.29, 1.82) is 0 Å². The fourth-order valence-electron chi connectivity index (χ4n) is 0.994. The number of benzene rings is 1. The first-order chi connectivity index (χ1) is 6.33. The molecule has 0 heterocycles. The lowest BCUT2D eigenvalue weighted by atomic mass is 10.3. The lowest BCUT2D eigenvalue weighted by Gasteiger charge is -2.13. The average Bonchev–Trinajstić information content (AvgIpc) is 2.19. The number of hydrogen-bond donors (Lipinski definition) is 0. The molecular weight excluding hydrogens is 162 g/mol. The highest BCUT2D eigenvalue weighted by Crippen LogP contribution is 2.07. The first kappa shape index (κ1) is 10.1. The molecule has 0 aliphatic rings. The molecule has 1 aromatic rings. The van der Waals surface area contributed by atoms with E-state index in [2.05, 4.69) is 18.9 Å². The highest BCUT2D eigenvalue weighted by Gasteiger charge is 1.94. The summed E-state index contributed by atoms with van der Waals surface area (Å²) in [5, 5.41) is 0. The van der Waals surface area contributed by atoms with E-state index in [1.807, 2.05) is 30.3 Å². The minimum absolute atomic E-state index is 0.758. The second kappa shape index (κ2) is 5.60. The van der Waals surface area contributed by atoms with E-state index in [1.165, 1.54) is 0 Å². The van der Waals surface area contributed by atoms with Crippen LogP contribution in [0.15, 0.2) is 30.3 Å². The molecule has 1 aromatic carbocycles. The normalized spacial score (nSPS) is 10.4. The van der Waals surface area contributed by atoms with Gasteiger partial charge in [-0.2, -0.15) is 0 Å². The van der Waals surface area contributed by atoms with Crippen molar-refractivity contribution < 1.29 is 4.74 Å². The zero-order chi connectivity index (χ0) is 9.52. The summed E-state index contributed by atoms with van der Waals surface area (Å²) < 4.78 is 5.54. The quantitative estimate of drug-likeness (QED) is 0.685. The van der Waals surface area contributed by atoms with Crippen molar-refractivity contribution in [2.24, 2.45) is 0 Å². The van der Waals surface area contributed by atoms with Gasteiger partial charge in [0, 0.05) is 6.54 Å². The van der Waals surface area contributed by atoms with Gasteiger partial charge in [-0.15, -0.1) is 0 Å². The second-order valence-corrected chi connectivity index (χ2v) is 3.06. The van der Waals surface area contributed by atoms with Crippen molar-refractivity contribution in [3.8, 4) is 5.75 Å². The lowest BCUT2D eigenvalue weighted by Crippen LogP contribution is -2.23. The Balaban J connectivity index is 2.20. The summed E-state index contributed by atoms with van der Waals surface area (Å²) >= 11 is 0. The summed E-state index contributed by atoms with van der Waals surface area (Å²) in [5.41, 5.74) is 0. The van der Waals surface area contributed by atoms with Crippen molar-refractivity contribution in [3.05, 3.63) is 30.3 Å². The Morgan fingerprint density at radius 3 is 2.54 bits per heavy atom. The van der Waals surface area contributed by atoms with Crippen molar-refractivity contribution in [2.75, 3.05) is 26.7 Å². The molecule has 0 spiro atoms. The third-order valence-corrected chi connectivity index (χ3v) is 2.02. The molecular formula is C11H17NO. The molecule has 0 amide bonds. The molecule has 0 bridgehead atoms. The van der Waals surface area contributed by atoms with Gasteiger partial charge in [-0.3, -0.25) is 0 Å². The summed E-state index contributed by atoms with van der Waals surface area (Å²) in [7, 11) is 2.09. The predicted molar refractivity (Wildman–Crippen MR) is 55.1 cm³/mol. The van der Waals surface area contributed by atoms with Gasteiger partial charge in [-0.05, 0) is 25.7 Å². The van der Waals surface area contributed by atoms with Gasteiger partial charge < -0.3 is 9.64 Å². The van der Waals surface area contributed by atoms with Crippen LogP contribution in [0.2, 0.25) is 0 Å². The maximum Gasteiger partial charge on any atom is 0.119 e. The molecule has 0 aromatic heterocycles. The summed E-state index contributed by atoms with van der Waals surface area (Å²) in [6.07, 6.45) is 0. The van der Waals surface area contributed by atoms with Crippen molar-refractivity contribution >= 4 is 0 Å². The Kier molecular flexibility index (Phi) is 4.33. The van der Waals surface area contributed by atoms with Crippen LogP contribution < -0.4 is 4.74 Å². The van der Waals surface area contributed by atoms with Crippen LogP contribution in [-0.4, -0.2) is 31.6 Å². The first-order valence-corrected chi connectivity index (χ1v) is 4.69. The summed E-state index contributed by atoms with van der Waals surface area (Å²) in [6.45, 7) is 4.94. The fraction of sp³-hybridized carbons (Fsp3) is 0.455. The van der Waals surface area contributed by atoms with Crippen LogP contribution in [0.4, 0.5) is 0 Å². The molecule has 0 radical (unpaired) electrons. The number of likely N-dealkylation sites (N-methyl/N-ethyl adjacent to an activating group) is 1. The summed E-state index contributed by atoms with van der Waals surface area (Å²) in [5.74, 6) is 0.951. The van der Waals surface area contributed by atoms with E-state index in [0.29, 0.717) is 0 Å². The van der Waals surface area contributed by atoms with E-state index < -0.39 is 0 Å².